The lowest BCUT2D eigenvalue weighted by atomic mass is 10.1. The number of amides is 1. The second-order valence-electron chi connectivity index (χ2n) is 3.50. The lowest BCUT2D eigenvalue weighted by Gasteiger charge is -2.06. The van der Waals surface area contributed by atoms with Crippen LogP contribution in [0.25, 0.3) is 0 Å². The summed E-state index contributed by atoms with van der Waals surface area (Å²) in [7, 11) is 1.66. The van der Waals surface area contributed by atoms with Crippen LogP contribution in [0.1, 0.15) is 18.4 Å². The zero-order chi connectivity index (χ0) is 11.8. The first kappa shape index (κ1) is 13.0. The number of carbonyl (C=O) groups is 1. The Morgan fingerprint density at radius 3 is 2.88 bits per heavy atom. The molecule has 1 amide bonds. The summed E-state index contributed by atoms with van der Waals surface area (Å²) in [5.41, 5.74) is 1.28. The fourth-order valence-electron chi connectivity index (χ4n) is 1.48. The molecule has 16 heavy (non-hydrogen) atoms. The number of nitrogens with one attached hydrogen (secondary N) is 1. The summed E-state index contributed by atoms with van der Waals surface area (Å²) in [4.78, 5) is 10.0. The Bertz CT molecular complexity index is 342. The van der Waals surface area contributed by atoms with Crippen molar-refractivity contribution < 1.29 is 9.53 Å². The molecule has 3 nitrogen and oxygen atoms in total. The van der Waals surface area contributed by atoms with Gasteiger partial charge in [0.05, 0.1) is 11.6 Å². The Kier molecular flexibility index (Phi) is 5.93. The molecule has 1 N–H and O–H groups in total. The standard InChI is InChI=1S/C12H16BrNO2/c1-16-12-6-5-10(8-11(12)13)4-2-3-7-14-9-15/h5-6,8-9H,2-4,7H2,1H3,(H,14,15). The Balaban J connectivity index is 2.37. The summed E-state index contributed by atoms with van der Waals surface area (Å²) >= 11 is 3.46. The maximum atomic E-state index is 10.0. The fraction of sp³-hybridized carbons (Fsp3) is 0.417. The third-order valence-corrected chi connectivity index (χ3v) is 2.96. The smallest absolute Gasteiger partial charge is 0.207 e. The number of aryl methyl sites for hydroxylation is 1. The summed E-state index contributed by atoms with van der Waals surface area (Å²) in [5, 5.41) is 2.65. The number of ether oxygens (including phenoxy) is 1. The van der Waals surface area contributed by atoms with Crippen LogP contribution in [0, 0.1) is 0 Å². The molecular weight excluding hydrogens is 270 g/mol. The normalized spacial score (nSPS) is 9.88. The van der Waals surface area contributed by atoms with E-state index in [-0.39, 0.29) is 0 Å². The van der Waals surface area contributed by atoms with Gasteiger partial charge in [-0.3, -0.25) is 4.79 Å². The van der Waals surface area contributed by atoms with Crippen molar-refractivity contribution in [3.8, 4) is 5.75 Å². The van der Waals surface area contributed by atoms with Gasteiger partial charge in [0.1, 0.15) is 5.75 Å². The third-order valence-electron chi connectivity index (χ3n) is 2.34. The second kappa shape index (κ2) is 7.28. The minimum atomic E-state index is 0.740. The number of unbranched alkanes of at least 4 members (excludes halogenated alkanes) is 1. The van der Waals surface area contributed by atoms with Gasteiger partial charge in [-0.2, -0.15) is 0 Å². The van der Waals surface area contributed by atoms with Crippen molar-refractivity contribution in [2.75, 3.05) is 13.7 Å². The van der Waals surface area contributed by atoms with Gasteiger partial charge in [0, 0.05) is 6.54 Å². The van der Waals surface area contributed by atoms with Crippen LogP contribution in [0.5, 0.6) is 5.75 Å². The number of hydrogen-bond donors (Lipinski definition) is 1. The zero-order valence-corrected chi connectivity index (χ0v) is 10.9. The molecule has 0 bridgehead atoms. The van der Waals surface area contributed by atoms with Crippen molar-refractivity contribution in [2.45, 2.75) is 19.3 Å². The topological polar surface area (TPSA) is 38.3 Å². The zero-order valence-electron chi connectivity index (χ0n) is 9.33. The lowest BCUT2D eigenvalue weighted by Crippen LogP contribution is -2.11. The number of rotatable bonds is 7. The quantitative estimate of drug-likeness (QED) is 0.618. The van der Waals surface area contributed by atoms with E-state index in [1.165, 1.54) is 5.56 Å². The average molecular weight is 286 g/mol. The first-order valence-electron chi connectivity index (χ1n) is 5.27. The predicted molar refractivity (Wildman–Crippen MR) is 67.7 cm³/mol. The molecule has 0 unspecified atom stereocenters. The minimum Gasteiger partial charge on any atom is -0.496 e. The van der Waals surface area contributed by atoms with Gasteiger partial charge in [-0.05, 0) is 52.9 Å². The molecule has 0 saturated carbocycles. The monoisotopic (exact) mass is 285 g/mol. The molecule has 0 aromatic heterocycles. The maximum absolute atomic E-state index is 10.0. The van der Waals surface area contributed by atoms with Crippen LogP contribution in [-0.4, -0.2) is 20.1 Å². The second-order valence-corrected chi connectivity index (χ2v) is 4.35. The van der Waals surface area contributed by atoms with Crippen LogP contribution >= 0.6 is 15.9 Å². The lowest BCUT2D eigenvalue weighted by molar-refractivity contribution is -0.109. The molecule has 4 heteroatoms. The summed E-state index contributed by atoms with van der Waals surface area (Å²) in [6.45, 7) is 0.751. The molecule has 0 spiro atoms. The third kappa shape index (κ3) is 4.23. The van der Waals surface area contributed by atoms with Gasteiger partial charge < -0.3 is 10.1 Å². The molecule has 0 heterocycles. The highest BCUT2D eigenvalue weighted by Gasteiger charge is 2.01. The molecule has 0 aliphatic rings. The first-order chi connectivity index (χ1) is 7.77. The first-order valence-corrected chi connectivity index (χ1v) is 6.06. The summed E-state index contributed by atoms with van der Waals surface area (Å²) in [6, 6.07) is 6.10. The van der Waals surface area contributed by atoms with Crippen molar-refractivity contribution >= 4 is 22.3 Å². The Morgan fingerprint density at radius 1 is 1.44 bits per heavy atom. The van der Waals surface area contributed by atoms with E-state index in [1.807, 2.05) is 6.07 Å². The summed E-state index contributed by atoms with van der Waals surface area (Å²) in [5.74, 6) is 0.853. The number of hydrogen-bond acceptors (Lipinski definition) is 2. The number of carbonyl (C=O) groups excluding carboxylic acids is 1. The molecule has 1 rings (SSSR count). The van der Waals surface area contributed by atoms with Crippen LogP contribution in [-0.2, 0) is 11.2 Å². The van der Waals surface area contributed by atoms with Gasteiger partial charge in [0.25, 0.3) is 0 Å². The Labute approximate surface area is 104 Å². The largest absolute Gasteiger partial charge is 0.496 e. The van der Waals surface area contributed by atoms with Crippen molar-refractivity contribution in [2.24, 2.45) is 0 Å². The average Bonchev–Trinajstić information content (AvgIpc) is 2.29. The number of halogens is 1. The van der Waals surface area contributed by atoms with E-state index >= 15 is 0 Å². The molecule has 0 aliphatic heterocycles. The van der Waals surface area contributed by atoms with Crippen LogP contribution in [0.3, 0.4) is 0 Å². The Hall–Kier alpha value is -1.03. The fourth-order valence-corrected chi connectivity index (χ4v) is 2.07. The summed E-state index contributed by atoms with van der Waals surface area (Å²) < 4.78 is 6.15. The highest BCUT2D eigenvalue weighted by molar-refractivity contribution is 9.10. The minimum absolute atomic E-state index is 0.740. The van der Waals surface area contributed by atoms with E-state index in [1.54, 1.807) is 7.11 Å². The van der Waals surface area contributed by atoms with E-state index in [9.17, 15) is 4.79 Å². The SMILES string of the molecule is COc1ccc(CCCCNC=O)cc1Br. The molecular formula is C12H16BrNO2. The summed E-state index contributed by atoms with van der Waals surface area (Å²) in [6.07, 6.45) is 3.83. The predicted octanol–water partition coefficient (Wildman–Crippen LogP) is 2.53. The van der Waals surface area contributed by atoms with E-state index < -0.39 is 0 Å². The molecule has 0 radical (unpaired) electrons. The molecule has 88 valence electrons. The van der Waals surface area contributed by atoms with Crippen molar-refractivity contribution in [1.82, 2.24) is 5.32 Å². The molecule has 0 atom stereocenters. The Morgan fingerprint density at radius 2 is 2.25 bits per heavy atom. The van der Waals surface area contributed by atoms with Gasteiger partial charge >= 0.3 is 0 Å². The van der Waals surface area contributed by atoms with Crippen molar-refractivity contribution in [3.63, 3.8) is 0 Å². The maximum Gasteiger partial charge on any atom is 0.207 e. The van der Waals surface area contributed by atoms with E-state index in [0.717, 1.165) is 42.4 Å². The number of benzene rings is 1. The van der Waals surface area contributed by atoms with Crippen LogP contribution in [0.2, 0.25) is 0 Å². The molecule has 1 aromatic carbocycles. The van der Waals surface area contributed by atoms with Gasteiger partial charge in [-0.15, -0.1) is 0 Å². The highest BCUT2D eigenvalue weighted by Crippen LogP contribution is 2.25. The molecule has 1 aromatic rings. The van der Waals surface area contributed by atoms with Crippen molar-refractivity contribution in [1.29, 1.82) is 0 Å². The van der Waals surface area contributed by atoms with E-state index in [2.05, 4.69) is 33.4 Å². The molecule has 0 aliphatic carbocycles. The van der Waals surface area contributed by atoms with Crippen LogP contribution < -0.4 is 10.1 Å². The molecule has 0 fully saturated rings. The van der Waals surface area contributed by atoms with Crippen LogP contribution in [0.4, 0.5) is 0 Å². The molecule has 0 saturated heterocycles. The van der Waals surface area contributed by atoms with Crippen LogP contribution in [0.15, 0.2) is 22.7 Å². The highest BCUT2D eigenvalue weighted by atomic mass is 79.9. The van der Waals surface area contributed by atoms with Gasteiger partial charge in [-0.25, -0.2) is 0 Å². The van der Waals surface area contributed by atoms with Gasteiger partial charge in [0.2, 0.25) is 6.41 Å². The van der Waals surface area contributed by atoms with Crippen molar-refractivity contribution in [3.05, 3.63) is 28.2 Å². The van der Waals surface area contributed by atoms with Gasteiger partial charge in [-0.1, -0.05) is 6.07 Å². The van der Waals surface area contributed by atoms with E-state index in [0.29, 0.717) is 0 Å². The van der Waals surface area contributed by atoms with Gasteiger partial charge in [0.15, 0.2) is 0 Å². The number of methoxy groups -OCH3 is 1. The van der Waals surface area contributed by atoms with E-state index in [4.69, 9.17) is 4.74 Å².